The van der Waals surface area contributed by atoms with E-state index in [-0.39, 0.29) is 0 Å². The first-order valence-electron chi connectivity index (χ1n) is 19.4. The molecule has 3 nitrogen and oxygen atoms in total. The zero-order valence-corrected chi connectivity index (χ0v) is 31.1. The van der Waals surface area contributed by atoms with Crippen molar-refractivity contribution in [3.63, 3.8) is 0 Å². The van der Waals surface area contributed by atoms with Crippen molar-refractivity contribution >= 4 is 88.4 Å². The molecule has 3 heteroatoms. The first-order chi connectivity index (χ1) is 28.3. The Morgan fingerprint density at radius 3 is 1.46 bits per heavy atom. The van der Waals surface area contributed by atoms with E-state index in [1.807, 2.05) is 0 Å². The maximum absolute atomic E-state index is 6.83. The van der Waals surface area contributed by atoms with Gasteiger partial charge in [0.15, 0.2) is 0 Å². The molecule has 0 unspecified atom stereocenters. The van der Waals surface area contributed by atoms with Gasteiger partial charge in [-0.25, -0.2) is 0 Å². The standard InChI is InChI=1S/C54H36N2O/c1-3-13-37(14-4-1)40-23-28-45(29-24-40)56(47-31-26-39-16-8-10-19-43(39)36-47)54-49(32-34-51-53(54)52-48-22-12-11-17-41(48)27-33-50(52)57-51)55(44-20-5-2-6-21-44)46-30-25-38-15-7-9-18-42(38)35-46/h1-36H. The summed E-state index contributed by atoms with van der Waals surface area (Å²) in [7, 11) is 0. The fourth-order valence-corrected chi connectivity index (χ4v) is 8.48. The van der Waals surface area contributed by atoms with Crippen molar-refractivity contribution < 1.29 is 4.42 Å². The van der Waals surface area contributed by atoms with Gasteiger partial charge in [-0.3, -0.25) is 0 Å². The van der Waals surface area contributed by atoms with Crippen molar-refractivity contribution in [2.75, 3.05) is 9.80 Å². The molecule has 0 N–H and O–H groups in total. The summed E-state index contributed by atoms with van der Waals surface area (Å²) in [4.78, 5) is 4.84. The summed E-state index contributed by atoms with van der Waals surface area (Å²) in [6, 6.07) is 78.3. The Kier molecular flexibility index (Phi) is 7.82. The van der Waals surface area contributed by atoms with Gasteiger partial charge in [-0.2, -0.15) is 0 Å². The van der Waals surface area contributed by atoms with E-state index in [9.17, 15) is 0 Å². The molecule has 0 fully saturated rings. The second-order valence-corrected chi connectivity index (χ2v) is 14.6. The second-order valence-electron chi connectivity index (χ2n) is 14.6. The molecule has 0 spiro atoms. The monoisotopic (exact) mass is 728 g/mol. The van der Waals surface area contributed by atoms with Crippen LogP contribution in [0.3, 0.4) is 0 Å². The van der Waals surface area contributed by atoms with Gasteiger partial charge in [-0.05, 0) is 110 Å². The summed E-state index contributed by atoms with van der Waals surface area (Å²) in [6.45, 7) is 0. The Labute approximate surface area is 330 Å². The third kappa shape index (κ3) is 5.68. The van der Waals surface area contributed by atoms with Crippen molar-refractivity contribution in [3.05, 3.63) is 218 Å². The minimum absolute atomic E-state index is 0.832. The Bertz CT molecular complexity index is 3240. The van der Waals surface area contributed by atoms with Gasteiger partial charge >= 0.3 is 0 Å². The third-order valence-electron chi connectivity index (χ3n) is 11.2. The number of rotatable bonds is 7. The van der Waals surface area contributed by atoms with Gasteiger partial charge in [-0.15, -0.1) is 0 Å². The van der Waals surface area contributed by atoms with Gasteiger partial charge in [0.25, 0.3) is 0 Å². The smallest absolute Gasteiger partial charge is 0.137 e. The van der Waals surface area contributed by atoms with Crippen LogP contribution in [-0.2, 0) is 0 Å². The maximum atomic E-state index is 6.83. The number of anilines is 6. The van der Waals surface area contributed by atoms with Crippen LogP contribution in [0.4, 0.5) is 34.1 Å². The largest absolute Gasteiger partial charge is 0.456 e. The molecule has 0 radical (unpaired) electrons. The summed E-state index contributed by atoms with van der Waals surface area (Å²) in [5, 5.41) is 9.23. The van der Waals surface area contributed by atoms with Crippen LogP contribution in [0.2, 0.25) is 0 Å². The average molecular weight is 729 g/mol. The summed E-state index contributed by atoms with van der Waals surface area (Å²) in [6.07, 6.45) is 0. The molecule has 1 heterocycles. The number of benzene rings is 10. The summed E-state index contributed by atoms with van der Waals surface area (Å²) in [5.41, 5.74) is 10.3. The Morgan fingerprint density at radius 1 is 0.298 bits per heavy atom. The molecule has 11 aromatic rings. The van der Waals surface area contributed by atoms with E-state index >= 15 is 0 Å². The Balaban J connectivity index is 1.28. The number of fused-ring (bicyclic) bond motifs is 7. The molecule has 0 aliphatic rings. The first kappa shape index (κ1) is 32.8. The quantitative estimate of drug-likeness (QED) is 0.163. The average Bonchev–Trinajstić information content (AvgIpc) is 3.67. The molecular weight excluding hydrogens is 693 g/mol. The number of para-hydroxylation sites is 1. The molecule has 0 aliphatic carbocycles. The number of furan rings is 1. The van der Waals surface area contributed by atoms with E-state index < -0.39 is 0 Å². The normalized spacial score (nSPS) is 11.5. The molecule has 0 saturated heterocycles. The molecule has 57 heavy (non-hydrogen) atoms. The van der Waals surface area contributed by atoms with Gasteiger partial charge in [-0.1, -0.05) is 152 Å². The predicted molar refractivity (Wildman–Crippen MR) is 241 cm³/mol. The van der Waals surface area contributed by atoms with Crippen molar-refractivity contribution in [2.24, 2.45) is 0 Å². The number of nitrogens with zero attached hydrogens (tertiary/aromatic N) is 2. The SMILES string of the molecule is c1ccc(-c2ccc(N(c3ccc4ccccc4c3)c3c(N(c4ccccc4)c4ccc5ccccc5c4)ccc4oc5ccc6ccccc6c5c34)cc2)cc1. The highest BCUT2D eigenvalue weighted by Gasteiger charge is 2.28. The lowest BCUT2D eigenvalue weighted by molar-refractivity contribution is 0.669. The molecule has 11 rings (SSSR count). The maximum Gasteiger partial charge on any atom is 0.137 e. The number of hydrogen-bond donors (Lipinski definition) is 0. The fourth-order valence-electron chi connectivity index (χ4n) is 8.48. The number of hydrogen-bond acceptors (Lipinski definition) is 3. The van der Waals surface area contributed by atoms with E-state index in [4.69, 9.17) is 4.42 Å². The Morgan fingerprint density at radius 2 is 0.772 bits per heavy atom. The topological polar surface area (TPSA) is 19.6 Å². The molecule has 10 aromatic carbocycles. The highest BCUT2D eigenvalue weighted by atomic mass is 16.3. The van der Waals surface area contributed by atoms with E-state index in [2.05, 4.69) is 228 Å². The summed E-state index contributed by atoms with van der Waals surface area (Å²) in [5.74, 6) is 0. The van der Waals surface area contributed by atoms with Crippen LogP contribution in [-0.4, -0.2) is 0 Å². The van der Waals surface area contributed by atoms with Crippen LogP contribution in [0.5, 0.6) is 0 Å². The first-order valence-corrected chi connectivity index (χ1v) is 19.4. The van der Waals surface area contributed by atoms with Crippen molar-refractivity contribution in [1.29, 1.82) is 0 Å². The summed E-state index contributed by atoms with van der Waals surface area (Å²) < 4.78 is 6.83. The molecule has 1 aromatic heterocycles. The van der Waals surface area contributed by atoms with E-state index in [1.54, 1.807) is 0 Å². The molecular formula is C54H36N2O. The lowest BCUT2D eigenvalue weighted by Crippen LogP contribution is -2.17. The van der Waals surface area contributed by atoms with Crippen LogP contribution < -0.4 is 9.80 Å². The van der Waals surface area contributed by atoms with Gasteiger partial charge < -0.3 is 14.2 Å². The predicted octanol–water partition coefficient (Wildman–Crippen LogP) is 15.7. The lowest BCUT2D eigenvalue weighted by Gasteiger charge is -2.34. The van der Waals surface area contributed by atoms with Crippen molar-refractivity contribution in [1.82, 2.24) is 0 Å². The third-order valence-corrected chi connectivity index (χ3v) is 11.2. The summed E-state index contributed by atoms with van der Waals surface area (Å²) >= 11 is 0. The fraction of sp³-hybridized carbons (Fsp3) is 0. The van der Waals surface area contributed by atoms with E-state index in [0.717, 1.165) is 67.0 Å². The van der Waals surface area contributed by atoms with Crippen LogP contribution in [0.25, 0.3) is 65.4 Å². The zero-order valence-electron chi connectivity index (χ0n) is 31.1. The van der Waals surface area contributed by atoms with Gasteiger partial charge in [0.1, 0.15) is 11.2 Å². The molecule has 0 atom stereocenters. The molecule has 0 saturated carbocycles. The van der Waals surface area contributed by atoms with Crippen molar-refractivity contribution in [3.8, 4) is 11.1 Å². The minimum atomic E-state index is 0.832. The lowest BCUT2D eigenvalue weighted by atomic mass is 9.99. The van der Waals surface area contributed by atoms with Crippen LogP contribution in [0.15, 0.2) is 223 Å². The molecule has 0 amide bonds. The van der Waals surface area contributed by atoms with Crippen LogP contribution in [0.1, 0.15) is 0 Å². The minimum Gasteiger partial charge on any atom is -0.456 e. The zero-order chi connectivity index (χ0) is 37.7. The molecule has 268 valence electrons. The second kappa shape index (κ2) is 13.6. The molecule has 0 bridgehead atoms. The van der Waals surface area contributed by atoms with Gasteiger partial charge in [0, 0.05) is 28.1 Å². The molecule has 0 aliphatic heterocycles. The highest BCUT2D eigenvalue weighted by Crippen LogP contribution is 2.52. The van der Waals surface area contributed by atoms with Gasteiger partial charge in [0.05, 0.1) is 16.8 Å². The Hall–Kier alpha value is -7.62. The highest BCUT2D eigenvalue weighted by molar-refractivity contribution is 6.25. The van der Waals surface area contributed by atoms with Crippen LogP contribution in [0, 0.1) is 0 Å². The van der Waals surface area contributed by atoms with Crippen molar-refractivity contribution in [2.45, 2.75) is 0 Å². The van der Waals surface area contributed by atoms with Gasteiger partial charge in [0.2, 0.25) is 0 Å². The van der Waals surface area contributed by atoms with Crippen LogP contribution >= 0.6 is 0 Å². The van der Waals surface area contributed by atoms with E-state index in [0.29, 0.717) is 0 Å². The van der Waals surface area contributed by atoms with E-state index in [1.165, 1.54) is 32.5 Å².